The highest BCUT2D eigenvalue weighted by atomic mass is 35.5. The Bertz CT molecular complexity index is 313. The van der Waals surface area contributed by atoms with Crippen LogP contribution in [0.4, 0.5) is 11.6 Å². The zero-order valence-electron chi connectivity index (χ0n) is 6.47. The molecule has 0 saturated heterocycles. The highest BCUT2D eigenvalue weighted by Gasteiger charge is 2.14. The van der Waals surface area contributed by atoms with Crippen LogP contribution in [0.2, 0.25) is 5.28 Å². The second kappa shape index (κ2) is 2.79. The zero-order chi connectivity index (χ0) is 8.55. The monoisotopic (exact) mass is 184 g/mol. The maximum Gasteiger partial charge on any atom is 0.226 e. The van der Waals surface area contributed by atoms with E-state index in [1.54, 1.807) is 0 Å². The minimum atomic E-state index is 0.209. The molecular formula is C7H9ClN4. The van der Waals surface area contributed by atoms with Gasteiger partial charge in [0.25, 0.3) is 0 Å². The Morgan fingerprint density at radius 1 is 1.42 bits per heavy atom. The second-order valence-electron chi connectivity index (χ2n) is 2.74. The Kier molecular flexibility index (Phi) is 1.77. The average Bonchev–Trinajstić information content (AvgIpc) is 2.04. The zero-order valence-corrected chi connectivity index (χ0v) is 7.23. The fraction of sp³-hybridized carbons (Fsp3) is 0.429. The number of halogens is 1. The van der Waals surface area contributed by atoms with E-state index in [2.05, 4.69) is 15.3 Å². The summed E-state index contributed by atoms with van der Waals surface area (Å²) in [6.07, 6.45) is 2.01. The van der Waals surface area contributed by atoms with E-state index in [-0.39, 0.29) is 5.28 Å². The number of anilines is 2. The summed E-state index contributed by atoms with van der Waals surface area (Å²) in [6, 6.07) is 0. The summed E-state index contributed by atoms with van der Waals surface area (Å²) in [5.74, 6) is 1.29. The summed E-state index contributed by atoms with van der Waals surface area (Å²) >= 11 is 5.64. The smallest absolute Gasteiger partial charge is 0.226 e. The summed E-state index contributed by atoms with van der Waals surface area (Å²) in [4.78, 5) is 7.92. The first-order chi connectivity index (χ1) is 5.77. The minimum absolute atomic E-state index is 0.209. The number of rotatable bonds is 0. The molecule has 1 aliphatic rings. The van der Waals surface area contributed by atoms with Crippen LogP contribution in [0.3, 0.4) is 0 Å². The molecule has 0 spiro atoms. The average molecular weight is 185 g/mol. The molecule has 0 atom stereocenters. The fourth-order valence-corrected chi connectivity index (χ4v) is 1.51. The normalized spacial score (nSPS) is 15.1. The molecule has 64 valence electrons. The maximum absolute atomic E-state index is 5.67. The first kappa shape index (κ1) is 7.61. The molecule has 0 aliphatic carbocycles. The van der Waals surface area contributed by atoms with Gasteiger partial charge in [-0.15, -0.1) is 0 Å². The van der Waals surface area contributed by atoms with E-state index in [0.717, 1.165) is 30.8 Å². The molecule has 0 fully saturated rings. The van der Waals surface area contributed by atoms with Crippen LogP contribution in [0.1, 0.15) is 12.0 Å². The first-order valence-corrected chi connectivity index (χ1v) is 4.21. The summed E-state index contributed by atoms with van der Waals surface area (Å²) in [5.41, 5.74) is 6.66. The van der Waals surface area contributed by atoms with Gasteiger partial charge < -0.3 is 11.1 Å². The quantitative estimate of drug-likeness (QED) is 0.592. The Morgan fingerprint density at radius 2 is 2.25 bits per heavy atom. The second-order valence-corrected chi connectivity index (χ2v) is 3.07. The van der Waals surface area contributed by atoms with Crippen LogP contribution in [0.25, 0.3) is 0 Å². The molecule has 1 aromatic heterocycles. The summed E-state index contributed by atoms with van der Waals surface area (Å²) in [5, 5.41) is 3.34. The molecule has 12 heavy (non-hydrogen) atoms. The molecular weight excluding hydrogens is 176 g/mol. The third-order valence-electron chi connectivity index (χ3n) is 1.91. The minimum Gasteiger partial charge on any atom is -0.383 e. The lowest BCUT2D eigenvalue weighted by Gasteiger charge is -2.17. The van der Waals surface area contributed by atoms with E-state index >= 15 is 0 Å². The molecule has 2 rings (SSSR count). The van der Waals surface area contributed by atoms with Crippen molar-refractivity contribution in [2.24, 2.45) is 0 Å². The lowest BCUT2D eigenvalue weighted by Crippen LogP contribution is -2.16. The first-order valence-electron chi connectivity index (χ1n) is 3.83. The van der Waals surface area contributed by atoms with Crippen molar-refractivity contribution in [2.45, 2.75) is 12.8 Å². The number of hydrogen-bond donors (Lipinski definition) is 2. The van der Waals surface area contributed by atoms with E-state index in [1.165, 1.54) is 0 Å². The highest BCUT2D eigenvalue weighted by molar-refractivity contribution is 6.28. The fourth-order valence-electron chi connectivity index (χ4n) is 1.34. The van der Waals surface area contributed by atoms with Gasteiger partial charge in [0.15, 0.2) is 0 Å². The largest absolute Gasteiger partial charge is 0.383 e. The van der Waals surface area contributed by atoms with Crippen molar-refractivity contribution < 1.29 is 0 Å². The van der Waals surface area contributed by atoms with Crippen LogP contribution < -0.4 is 11.1 Å². The van der Waals surface area contributed by atoms with Crippen LogP contribution in [0.15, 0.2) is 0 Å². The predicted molar refractivity (Wildman–Crippen MR) is 48.3 cm³/mol. The van der Waals surface area contributed by atoms with Crippen molar-refractivity contribution >= 4 is 23.2 Å². The topological polar surface area (TPSA) is 63.8 Å². The van der Waals surface area contributed by atoms with Gasteiger partial charge in [-0.3, -0.25) is 0 Å². The summed E-state index contributed by atoms with van der Waals surface area (Å²) < 4.78 is 0. The molecule has 0 saturated carbocycles. The summed E-state index contributed by atoms with van der Waals surface area (Å²) in [7, 11) is 0. The standard InChI is InChI=1S/C7H9ClN4/c8-7-11-5(9)4-2-1-3-10-6(4)12-7/h1-3H2,(H3,9,10,11,12). The molecule has 4 nitrogen and oxygen atoms in total. The van der Waals surface area contributed by atoms with Crippen molar-refractivity contribution in [3.05, 3.63) is 10.8 Å². The molecule has 5 heteroatoms. The highest BCUT2D eigenvalue weighted by Crippen LogP contribution is 2.24. The molecule has 3 N–H and O–H groups in total. The van der Waals surface area contributed by atoms with Crippen LogP contribution >= 0.6 is 11.6 Å². The molecule has 0 amide bonds. The van der Waals surface area contributed by atoms with Crippen LogP contribution in [-0.2, 0) is 6.42 Å². The van der Waals surface area contributed by atoms with E-state index in [1.807, 2.05) is 0 Å². The molecule has 0 unspecified atom stereocenters. The van der Waals surface area contributed by atoms with Crippen molar-refractivity contribution in [1.29, 1.82) is 0 Å². The Labute approximate surface area is 75.2 Å². The lowest BCUT2D eigenvalue weighted by molar-refractivity contribution is 0.812. The Hall–Kier alpha value is -1.03. The van der Waals surface area contributed by atoms with Gasteiger partial charge in [-0.05, 0) is 24.4 Å². The van der Waals surface area contributed by atoms with E-state index in [0.29, 0.717) is 5.82 Å². The van der Waals surface area contributed by atoms with Crippen LogP contribution in [0.5, 0.6) is 0 Å². The molecule has 0 radical (unpaired) electrons. The third-order valence-corrected chi connectivity index (χ3v) is 2.08. The van der Waals surface area contributed by atoms with Gasteiger partial charge in [-0.25, -0.2) is 9.97 Å². The van der Waals surface area contributed by atoms with Crippen molar-refractivity contribution in [1.82, 2.24) is 9.97 Å². The third kappa shape index (κ3) is 1.18. The van der Waals surface area contributed by atoms with Gasteiger partial charge in [-0.1, -0.05) is 0 Å². The van der Waals surface area contributed by atoms with Gasteiger partial charge in [0.2, 0.25) is 5.28 Å². The number of fused-ring (bicyclic) bond motifs is 1. The Morgan fingerprint density at radius 3 is 3.08 bits per heavy atom. The van der Waals surface area contributed by atoms with Crippen molar-refractivity contribution in [2.75, 3.05) is 17.6 Å². The Balaban J connectivity index is 2.53. The molecule has 2 heterocycles. The van der Waals surface area contributed by atoms with Crippen LogP contribution in [0, 0.1) is 0 Å². The number of aromatic nitrogens is 2. The predicted octanol–water partition coefficient (Wildman–Crippen LogP) is 1.07. The lowest BCUT2D eigenvalue weighted by atomic mass is 10.1. The van der Waals surface area contributed by atoms with E-state index in [4.69, 9.17) is 17.3 Å². The SMILES string of the molecule is Nc1nc(Cl)nc2c1CCCN2. The van der Waals surface area contributed by atoms with Crippen molar-refractivity contribution in [3.63, 3.8) is 0 Å². The molecule has 1 aromatic rings. The van der Waals surface area contributed by atoms with Gasteiger partial charge >= 0.3 is 0 Å². The summed E-state index contributed by atoms with van der Waals surface area (Å²) in [6.45, 7) is 0.930. The number of nitrogens with zero attached hydrogens (tertiary/aromatic N) is 2. The van der Waals surface area contributed by atoms with Crippen LogP contribution in [-0.4, -0.2) is 16.5 Å². The molecule has 0 aromatic carbocycles. The van der Waals surface area contributed by atoms with Gasteiger partial charge in [0.05, 0.1) is 0 Å². The van der Waals surface area contributed by atoms with E-state index in [9.17, 15) is 0 Å². The van der Waals surface area contributed by atoms with Gasteiger partial charge in [0.1, 0.15) is 11.6 Å². The number of hydrogen-bond acceptors (Lipinski definition) is 4. The molecule has 1 aliphatic heterocycles. The molecule has 0 bridgehead atoms. The number of nitrogen functional groups attached to an aromatic ring is 1. The maximum atomic E-state index is 5.67. The van der Waals surface area contributed by atoms with E-state index < -0.39 is 0 Å². The van der Waals surface area contributed by atoms with Gasteiger partial charge in [-0.2, -0.15) is 0 Å². The van der Waals surface area contributed by atoms with Gasteiger partial charge in [0, 0.05) is 12.1 Å². The number of nitrogens with two attached hydrogens (primary N) is 1. The number of nitrogens with one attached hydrogen (secondary N) is 1. The van der Waals surface area contributed by atoms with Crippen molar-refractivity contribution in [3.8, 4) is 0 Å².